The Morgan fingerprint density at radius 1 is 1.19 bits per heavy atom. The van der Waals surface area contributed by atoms with Gasteiger partial charge < -0.3 is 10.1 Å². The van der Waals surface area contributed by atoms with Crippen LogP contribution in [0, 0.1) is 13.8 Å². The van der Waals surface area contributed by atoms with Crippen molar-refractivity contribution in [2.45, 2.75) is 40.3 Å². The van der Waals surface area contributed by atoms with E-state index in [1.54, 1.807) is 0 Å². The van der Waals surface area contributed by atoms with Gasteiger partial charge in [0.1, 0.15) is 11.5 Å². The van der Waals surface area contributed by atoms with Crippen molar-refractivity contribution in [3.8, 4) is 11.5 Å². The molecule has 112 valence electrons. The number of hydrogen-bond donors (Lipinski definition) is 1. The molecule has 1 aromatic heterocycles. The average molecular weight is 305 g/mol. The fraction of sp³-hybridized carbons (Fsp3) is 0.353. The fourth-order valence-electron chi connectivity index (χ4n) is 1.91. The van der Waals surface area contributed by atoms with Gasteiger partial charge >= 0.3 is 0 Å². The molecule has 2 rings (SSSR count). The van der Waals surface area contributed by atoms with Gasteiger partial charge in [-0.05, 0) is 31.5 Å². The Bertz CT molecular complexity index is 626. The fourth-order valence-corrected chi connectivity index (χ4v) is 2.07. The lowest BCUT2D eigenvalue weighted by Crippen LogP contribution is -2.22. The number of pyridine rings is 1. The summed E-state index contributed by atoms with van der Waals surface area (Å²) in [5.74, 6) is 1.47. The van der Waals surface area contributed by atoms with Gasteiger partial charge in [0, 0.05) is 36.1 Å². The first-order chi connectivity index (χ1) is 9.95. The number of nitrogens with zero attached hydrogens (tertiary/aromatic N) is 1. The largest absolute Gasteiger partial charge is 0.455 e. The third-order valence-electron chi connectivity index (χ3n) is 3.09. The summed E-state index contributed by atoms with van der Waals surface area (Å²) in [5.41, 5.74) is 3.05. The molecular formula is C17H21ClN2O. The number of benzene rings is 1. The Labute approximate surface area is 131 Å². The number of aryl methyl sites for hydroxylation is 2. The smallest absolute Gasteiger partial charge is 0.146 e. The minimum Gasteiger partial charge on any atom is -0.455 e. The third-order valence-corrected chi connectivity index (χ3v) is 3.40. The van der Waals surface area contributed by atoms with Gasteiger partial charge in [-0.1, -0.05) is 31.5 Å². The van der Waals surface area contributed by atoms with Crippen LogP contribution in [0.1, 0.15) is 30.7 Å². The second-order valence-electron chi connectivity index (χ2n) is 5.50. The Hall–Kier alpha value is -1.58. The van der Waals surface area contributed by atoms with Crippen LogP contribution in [-0.4, -0.2) is 11.0 Å². The number of ether oxygens (including phenoxy) is 1. The molecule has 0 fully saturated rings. The molecule has 0 amide bonds. The van der Waals surface area contributed by atoms with E-state index < -0.39 is 0 Å². The second-order valence-corrected chi connectivity index (χ2v) is 5.91. The molecule has 0 saturated heterocycles. The van der Waals surface area contributed by atoms with Crippen LogP contribution in [0.5, 0.6) is 11.5 Å². The highest BCUT2D eigenvalue weighted by Gasteiger charge is 2.10. The zero-order valence-corrected chi connectivity index (χ0v) is 13.7. The standard InChI is InChI=1S/C17H21ClN2O/c1-11(2)19-9-14-10-20-13(4)8-16(14)21-17-7-12(3)5-6-15(17)18/h5-8,10-11,19H,9H2,1-4H3. The molecule has 0 radical (unpaired) electrons. The van der Waals surface area contributed by atoms with Gasteiger partial charge in [0.25, 0.3) is 0 Å². The third kappa shape index (κ3) is 4.45. The summed E-state index contributed by atoms with van der Waals surface area (Å²) in [4.78, 5) is 4.35. The molecule has 0 aliphatic rings. The molecule has 1 N–H and O–H groups in total. The molecule has 3 nitrogen and oxygen atoms in total. The van der Waals surface area contributed by atoms with Gasteiger partial charge in [-0.25, -0.2) is 0 Å². The number of nitrogens with one attached hydrogen (secondary N) is 1. The van der Waals surface area contributed by atoms with E-state index in [4.69, 9.17) is 16.3 Å². The first-order valence-corrected chi connectivity index (χ1v) is 7.46. The van der Waals surface area contributed by atoms with Crippen LogP contribution in [0.3, 0.4) is 0 Å². The molecule has 0 spiro atoms. The predicted molar refractivity (Wildman–Crippen MR) is 87.2 cm³/mol. The maximum Gasteiger partial charge on any atom is 0.146 e. The lowest BCUT2D eigenvalue weighted by molar-refractivity contribution is 0.467. The van der Waals surface area contributed by atoms with E-state index in [1.165, 1.54) is 0 Å². The Balaban J connectivity index is 2.29. The molecule has 0 aliphatic carbocycles. The second kappa shape index (κ2) is 6.92. The van der Waals surface area contributed by atoms with Crippen molar-refractivity contribution in [1.29, 1.82) is 0 Å². The zero-order chi connectivity index (χ0) is 15.4. The first kappa shape index (κ1) is 15.8. The van der Waals surface area contributed by atoms with Crippen LogP contribution in [0.25, 0.3) is 0 Å². The summed E-state index contributed by atoms with van der Waals surface area (Å²) in [6, 6.07) is 8.11. The summed E-state index contributed by atoms with van der Waals surface area (Å²) < 4.78 is 6.02. The van der Waals surface area contributed by atoms with E-state index in [1.807, 2.05) is 44.3 Å². The minimum absolute atomic E-state index is 0.404. The molecule has 4 heteroatoms. The van der Waals surface area contributed by atoms with Gasteiger partial charge in [-0.3, -0.25) is 4.98 Å². The van der Waals surface area contributed by atoms with E-state index in [0.717, 1.165) is 22.6 Å². The number of halogens is 1. The normalized spacial score (nSPS) is 11.0. The molecular weight excluding hydrogens is 284 g/mol. The highest BCUT2D eigenvalue weighted by molar-refractivity contribution is 6.32. The molecule has 1 heterocycles. The van der Waals surface area contributed by atoms with Crippen molar-refractivity contribution in [3.05, 3.63) is 52.3 Å². The number of hydrogen-bond acceptors (Lipinski definition) is 3. The zero-order valence-electron chi connectivity index (χ0n) is 12.9. The summed E-state index contributed by atoms with van der Waals surface area (Å²) >= 11 is 6.21. The topological polar surface area (TPSA) is 34.1 Å². The highest BCUT2D eigenvalue weighted by Crippen LogP contribution is 2.32. The molecule has 0 atom stereocenters. The van der Waals surface area contributed by atoms with E-state index in [-0.39, 0.29) is 0 Å². The number of aromatic nitrogens is 1. The SMILES string of the molecule is Cc1ccc(Cl)c(Oc2cc(C)ncc2CNC(C)C)c1. The van der Waals surface area contributed by atoms with E-state index in [0.29, 0.717) is 23.4 Å². The van der Waals surface area contributed by atoms with Crippen molar-refractivity contribution in [1.82, 2.24) is 10.3 Å². The van der Waals surface area contributed by atoms with E-state index in [2.05, 4.69) is 24.1 Å². The van der Waals surface area contributed by atoms with Gasteiger partial charge in [-0.15, -0.1) is 0 Å². The van der Waals surface area contributed by atoms with Crippen molar-refractivity contribution in [2.24, 2.45) is 0 Å². The Kier molecular flexibility index (Phi) is 5.21. The highest BCUT2D eigenvalue weighted by atomic mass is 35.5. The number of rotatable bonds is 5. The van der Waals surface area contributed by atoms with Crippen molar-refractivity contribution in [3.63, 3.8) is 0 Å². The van der Waals surface area contributed by atoms with Gasteiger partial charge in [0.15, 0.2) is 0 Å². The summed E-state index contributed by atoms with van der Waals surface area (Å²) in [6.07, 6.45) is 1.85. The van der Waals surface area contributed by atoms with Crippen molar-refractivity contribution in [2.75, 3.05) is 0 Å². The molecule has 0 bridgehead atoms. The maximum atomic E-state index is 6.21. The minimum atomic E-state index is 0.404. The van der Waals surface area contributed by atoms with Crippen molar-refractivity contribution < 1.29 is 4.74 Å². The molecule has 0 saturated carbocycles. The Morgan fingerprint density at radius 2 is 1.95 bits per heavy atom. The summed E-state index contributed by atoms with van der Waals surface area (Å²) in [5, 5.41) is 3.99. The molecule has 0 unspecified atom stereocenters. The van der Waals surface area contributed by atoms with Crippen LogP contribution in [-0.2, 0) is 6.54 Å². The van der Waals surface area contributed by atoms with Gasteiger partial charge in [0.05, 0.1) is 5.02 Å². The lowest BCUT2D eigenvalue weighted by atomic mass is 10.2. The quantitative estimate of drug-likeness (QED) is 0.873. The van der Waals surface area contributed by atoms with Gasteiger partial charge in [0.2, 0.25) is 0 Å². The van der Waals surface area contributed by atoms with E-state index >= 15 is 0 Å². The van der Waals surface area contributed by atoms with Crippen LogP contribution in [0.2, 0.25) is 5.02 Å². The van der Waals surface area contributed by atoms with Crippen LogP contribution < -0.4 is 10.1 Å². The molecule has 21 heavy (non-hydrogen) atoms. The van der Waals surface area contributed by atoms with Crippen LogP contribution in [0.15, 0.2) is 30.5 Å². The molecule has 1 aromatic carbocycles. The average Bonchev–Trinajstić information content (AvgIpc) is 2.42. The molecule has 0 aliphatic heterocycles. The first-order valence-electron chi connectivity index (χ1n) is 7.08. The van der Waals surface area contributed by atoms with Crippen LogP contribution >= 0.6 is 11.6 Å². The summed E-state index contributed by atoms with van der Waals surface area (Å²) in [7, 11) is 0. The van der Waals surface area contributed by atoms with Crippen molar-refractivity contribution >= 4 is 11.6 Å². The summed E-state index contributed by atoms with van der Waals surface area (Å²) in [6.45, 7) is 8.90. The predicted octanol–water partition coefficient (Wildman–Crippen LogP) is 4.64. The van der Waals surface area contributed by atoms with E-state index in [9.17, 15) is 0 Å². The monoisotopic (exact) mass is 304 g/mol. The maximum absolute atomic E-state index is 6.21. The lowest BCUT2D eigenvalue weighted by Gasteiger charge is -2.15. The van der Waals surface area contributed by atoms with Gasteiger partial charge in [-0.2, -0.15) is 0 Å². The Morgan fingerprint density at radius 3 is 2.67 bits per heavy atom. The molecule has 2 aromatic rings. The van der Waals surface area contributed by atoms with Crippen LogP contribution in [0.4, 0.5) is 0 Å².